The van der Waals surface area contributed by atoms with E-state index in [1.165, 1.54) is 99.8 Å². The molecule has 0 radical (unpaired) electrons. The van der Waals surface area contributed by atoms with Gasteiger partial charge in [-0.15, -0.1) is 0 Å². The third-order valence-corrected chi connectivity index (χ3v) is 7.22. The maximum absolute atomic E-state index is 5.92. The summed E-state index contributed by atoms with van der Waals surface area (Å²) in [7, 11) is 4.47. The van der Waals surface area contributed by atoms with Crippen molar-refractivity contribution in [2.24, 2.45) is 0 Å². The highest BCUT2D eigenvalue weighted by Gasteiger charge is 2.02. The average molecular weight is 525 g/mol. The van der Waals surface area contributed by atoms with Gasteiger partial charge in [-0.3, -0.25) is 0 Å². The summed E-state index contributed by atoms with van der Waals surface area (Å²) < 4.78 is 11.8. The Morgan fingerprint density at radius 1 is 0.474 bits per heavy atom. The molecule has 2 aromatic carbocycles. The SMILES string of the molecule is CCCCCN(C)CCCCOCc1ccc(-c2ccc(COCCCCN(C)CCCCC)cc2)cc1. The van der Waals surface area contributed by atoms with Gasteiger partial charge >= 0.3 is 0 Å². The highest BCUT2D eigenvalue weighted by atomic mass is 16.5. The molecule has 0 aliphatic rings. The largest absolute Gasteiger partial charge is 0.377 e. The second kappa shape index (κ2) is 21.1. The number of hydrogen-bond acceptors (Lipinski definition) is 4. The summed E-state index contributed by atoms with van der Waals surface area (Å²) in [4.78, 5) is 4.90. The lowest BCUT2D eigenvalue weighted by Gasteiger charge is -2.16. The zero-order chi connectivity index (χ0) is 27.3. The third kappa shape index (κ3) is 15.0. The molecular formula is C34H56N2O2. The molecule has 214 valence electrons. The quantitative estimate of drug-likeness (QED) is 0.137. The minimum absolute atomic E-state index is 0.693. The van der Waals surface area contributed by atoms with Crippen LogP contribution in [0.1, 0.15) is 89.2 Å². The number of unbranched alkanes of at least 4 members (excludes halogenated alkanes) is 6. The predicted octanol–water partition coefficient (Wildman–Crippen LogP) is 8.19. The highest BCUT2D eigenvalue weighted by Crippen LogP contribution is 2.21. The second-order valence-corrected chi connectivity index (χ2v) is 10.9. The third-order valence-electron chi connectivity index (χ3n) is 7.22. The lowest BCUT2D eigenvalue weighted by molar-refractivity contribution is 0.115. The Kier molecular flexibility index (Phi) is 18.1. The van der Waals surface area contributed by atoms with Crippen LogP contribution in [-0.4, -0.2) is 63.3 Å². The zero-order valence-corrected chi connectivity index (χ0v) is 25.1. The van der Waals surface area contributed by atoms with Crippen molar-refractivity contribution in [2.75, 3.05) is 53.5 Å². The summed E-state index contributed by atoms with van der Waals surface area (Å²) in [5.41, 5.74) is 4.97. The van der Waals surface area contributed by atoms with Crippen LogP contribution < -0.4 is 0 Å². The molecule has 0 atom stereocenters. The van der Waals surface area contributed by atoms with Gasteiger partial charge in [0.2, 0.25) is 0 Å². The van der Waals surface area contributed by atoms with Crippen LogP contribution >= 0.6 is 0 Å². The zero-order valence-electron chi connectivity index (χ0n) is 25.1. The molecule has 0 N–H and O–H groups in total. The minimum Gasteiger partial charge on any atom is -0.377 e. The van der Waals surface area contributed by atoms with Crippen LogP contribution in [0.3, 0.4) is 0 Å². The molecule has 0 aliphatic heterocycles. The van der Waals surface area contributed by atoms with Crippen LogP contribution in [0.2, 0.25) is 0 Å². The van der Waals surface area contributed by atoms with Gasteiger partial charge < -0.3 is 19.3 Å². The summed E-state index contributed by atoms with van der Waals surface area (Å²) in [6.45, 7) is 12.4. The van der Waals surface area contributed by atoms with Crippen molar-refractivity contribution in [1.29, 1.82) is 0 Å². The molecule has 0 amide bonds. The molecule has 0 fully saturated rings. The fourth-order valence-electron chi connectivity index (χ4n) is 4.63. The molecule has 0 saturated heterocycles. The van der Waals surface area contributed by atoms with E-state index < -0.39 is 0 Å². The molecule has 0 unspecified atom stereocenters. The minimum atomic E-state index is 0.693. The summed E-state index contributed by atoms with van der Waals surface area (Å²) in [6, 6.07) is 17.6. The first-order valence-corrected chi connectivity index (χ1v) is 15.3. The number of benzene rings is 2. The lowest BCUT2D eigenvalue weighted by Crippen LogP contribution is -2.21. The molecule has 4 heteroatoms. The first-order chi connectivity index (χ1) is 18.6. The molecular weight excluding hydrogens is 468 g/mol. The van der Waals surface area contributed by atoms with E-state index in [4.69, 9.17) is 9.47 Å². The number of rotatable bonds is 23. The van der Waals surface area contributed by atoms with Gasteiger partial charge in [-0.2, -0.15) is 0 Å². The standard InChI is InChI=1S/C34H56N2O2/c1-5-7-9-23-35(3)25-11-13-27-37-29-31-15-19-33(20-16-31)34-21-17-32(18-22-34)30-38-28-14-12-26-36(4)24-10-8-6-2/h15-22H,5-14,23-30H2,1-4H3. The topological polar surface area (TPSA) is 24.9 Å². The van der Waals surface area contributed by atoms with Crippen molar-refractivity contribution >= 4 is 0 Å². The summed E-state index contributed by atoms with van der Waals surface area (Å²) >= 11 is 0. The Hall–Kier alpha value is -1.72. The van der Waals surface area contributed by atoms with E-state index in [1.807, 2.05) is 0 Å². The molecule has 0 spiro atoms. The van der Waals surface area contributed by atoms with E-state index >= 15 is 0 Å². The molecule has 0 aromatic heterocycles. The molecule has 0 heterocycles. The Labute approximate surface area is 234 Å². The monoisotopic (exact) mass is 524 g/mol. The van der Waals surface area contributed by atoms with Crippen molar-refractivity contribution in [2.45, 2.75) is 91.3 Å². The normalized spacial score (nSPS) is 11.6. The Bertz CT molecular complexity index is 737. The summed E-state index contributed by atoms with van der Waals surface area (Å²) in [5.74, 6) is 0. The van der Waals surface area contributed by atoms with Gasteiger partial charge in [-0.1, -0.05) is 88.1 Å². The van der Waals surface area contributed by atoms with Crippen LogP contribution in [0, 0.1) is 0 Å². The number of hydrogen-bond donors (Lipinski definition) is 0. The fraction of sp³-hybridized carbons (Fsp3) is 0.647. The van der Waals surface area contributed by atoms with Crippen molar-refractivity contribution < 1.29 is 9.47 Å². The summed E-state index contributed by atoms with van der Waals surface area (Å²) in [6.07, 6.45) is 12.6. The number of nitrogens with zero attached hydrogens (tertiary/aromatic N) is 2. The predicted molar refractivity (Wildman–Crippen MR) is 164 cm³/mol. The Morgan fingerprint density at radius 3 is 1.16 bits per heavy atom. The number of ether oxygens (including phenoxy) is 2. The Morgan fingerprint density at radius 2 is 0.816 bits per heavy atom. The molecule has 4 nitrogen and oxygen atoms in total. The maximum atomic E-state index is 5.92. The van der Waals surface area contributed by atoms with E-state index in [0.29, 0.717) is 13.2 Å². The highest BCUT2D eigenvalue weighted by molar-refractivity contribution is 5.63. The van der Waals surface area contributed by atoms with Gasteiger partial charge in [-0.25, -0.2) is 0 Å². The molecule has 2 rings (SSSR count). The van der Waals surface area contributed by atoms with Crippen LogP contribution in [-0.2, 0) is 22.7 Å². The van der Waals surface area contributed by atoms with Gasteiger partial charge in [-0.05, 0) is 101 Å². The van der Waals surface area contributed by atoms with Crippen LogP contribution in [0.15, 0.2) is 48.5 Å². The van der Waals surface area contributed by atoms with E-state index in [-0.39, 0.29) is 0 Å². The molecule has 0 aliphatic carbocycles. The average Bonchev–Trinajstić information content (AvgIpc) is 2.93. The lowest BCUT2D eigenvalue weighted by atomic mass is 10.0. The summed E-state index contributed by atoms with van der Waals surface area (Å²) in [5, 5.41) is 0. The van der Waals surface area contributed by atoms with Gasteiger partial charge in [0.15, 0.2) is 0 Å². The van der Waals surface area contributed by atoms with Crippen LogP contribution in [0.25, 0.3) is 11.1 Å². The van der Waals surface area contributed by atoms with E-state index in [1.54, 1.807) is 0 Å². The molecule has 0 saturated carbocycles. The fourth-order valence-corrected chi connectivity index (χ4v) is 4.63. The van der Waals surface area contributed by atoms with Crippen molar-refractivity contribution in [3.8, 4) is 11.1 Å². The maximum Gasteiger partial charge on any atom is 0.0716 e. The first kappa shape index (κ1) is 32.5. The van der Waals surface area contributed by atoms with Crippen molar-refractivity contribution in [3.05, 3.63) is 59.7 Å². The van der Waals surface area contributed by atoms with Gasteiger partial charge in [0.05, 0.1) is 13.2 Å². The van der Waals surface area contributed by atoms with Gasteiger partial charge in [0, 0.05) is 13.2 Å². The van der Waals surface area contributed by atoms with E-state index in [2.05, 4.69) is 86.3 Å². The Balaban J connectivity index is 1.56. The van der Waals surface area contributed by atoms with Gasteiger partial charge in [0.1, 0.15) is 0 Å². The van der Waals surface area contributed by atoms with E-state index in [9.17, 15) is 0 Å². The van der Waals surface area contributed by atoms with Gasteiger partial charge in [0.25, 0.3) is 0 Å². The van der Waals surface area contributed by atoms with Crippen molar-refractivity contribution in [1.82, 2.24) is 9.80 Å². The van der Waals surface area contributed by atoms with Crippen LogP contribution in [0.4, 0.5) is 0 Å². The smallest absolute Gasteiger partial charge is 0.0716 e. The molecule has 2 aromatic rings. The van der Waals surface area contributed by atoms with Crippen LogP contribution in [0.5, 0.6) is 0 Å². The first-order valence-electron chi connectivity index (χ1n) is 15.3. The molecule has 38 heavy (non-hydrogen) atoms. The van der Waals surface area contributed by atoms with Crippen molar-refractivity contribution in [3.63, 3.8) is 0 Å². The molecule has 0 bridgehead atoms. The van der Waals surface area contributed by atoms with E-state index in [0.717, 1.165) is 26.1 Å². The second-order valence-electron chi connectivity index (χ2n) is 10.9.